The van der Waals surface area contributed by atoms with Crippen molar-refractivity contribution in [3.63, 3.8) is 0 Å². The third-order valence-corrected chi connectivity index (χ3v) is 4.85. The summed E-state index contributed by atoms with van der Waals surface area (Å²) in [6, 6.07) is 0. The van der Waals surface area contributed by atoms with Crippen molar-refractivity contribution in [1.29, 1.82) is 0 Å². The fourth-order valence-corrected chi connectivity index (χ4v) is 3.73. The van der Waals surface area contributed by atoms with Crippen LogP contribution in [0, 0.1) is 11.8 Å². The van der Waals surface area contributed by atoms with E-state index in [0.717, 1.165) is 18.4 Å². The van der Waals surface area contributed by atoms with E-state index in [4.69, 9.17) is 9.47 Å². The molecule has 0 aromatic carbocycles. The molecule has 110 valence electrons. The number of fused-ring (bicyclic) bond motifs is 1. The lowest BCUT2D eigenvalue weighted by Gasteiger charge is -2.48. The highest BCUT2D eigenvalue weighted by Gasteiger charge is 2.53. The fourth-order valence-electron chi connectivity index (χ4n) is 3.73. The third kappa shape index (κ3) is 2.03. The number of aliphatic hydroxyl groups excluding tert-OH is 2. The molecule has 2 aliphatic heterocycles. The lowest BCUT2D eigenvalue weighted by molar-refractivity contribution is -0.287. The zero-order valence-corrected chi connectivity index (χ0v) is 11.8. The number of allylic oxidation sites excluding steroid dienone is 2. The summed E-state index contributed by atoms with van der Waals surface area (Å²) in [5, 5.41) is 19.7. The second-order valence-electron chi connectivity index (χ2n) is 6.26. The van der Waals surface area contributed by atoms with Gasteiger partial charge in [-0.15, -0.1) is 0 Å². The molecule has 3 rings (SSSR count). The number of hydrogen-bond donors (Lipinski definition) is 2. The summed E-state index contributed by atoms with van der Waals surface area (Å²) in [6.45, 7) is 9.83. The topological polar surface area (TPSA) is 58.9 Å². The molecule has 4 heteroatoms. The minimum absolute atomic E-state index is 0.130. The molecule has 1 spiro atoms. The van der Waals surface area contributed by atoms with Crippen molar-refractivity contribution in [3.05, 3.63) is 36.1 Å². The highest BCUT2D eigenvalue weighted by Crippen LogP contribution is 2.50. The van der Waals surface area contributed by atoms with Gasteiger partial charge in [0.2, 0.25) is 5.79 Å². The zero-order valence-electron chi connectivity index (χ0n) is 11.8. The maximum atomic E-state index is 10.4. The van der Waals surface area contributed by atoms with Crippen LogP contribution in [0.3, 0.4) is 0 Å². The second kappa shape index (κ2) is 4.72. The molecule has 0 saturated carbocycles. The minimum atomic E-state index is -0.760. The standard InChI is InChI=1S/C16H22O4/c1-9-6-16(19-11(9)3)7-10(2)13-5-4-12(8-17)14(18)15(13)20-16/h4,10,13-15,17-18H,1,3,5-8H2,2H3/t10-,13+,14+,15+,16+/m0/s1. The fraction of sp³-hybridized carbons (Fsp3) is 0.625. The molecule has 2 saturated heterocycles. The molecule has 0 aromatic heterocycles. The van der Waals surface area contributed by atoms with Crippen molar-refractivity contribution in [2.75, 3.05) is 6.61 Å². The Kier molecular flexibility index (Phi) is 3.27. The van der Waals surface area contributed by atoms with Gasteiger partial charge in [0.1, 0.15) is 11.9 Å². The summed E-state index contributed by atoms with van der Waals surface area (Å²) in [6.07, 6.45) is 3.06. The van der Waals surface area contributed by atoms with Crippen LogP contribution in [0.4, 0.5) is 0 Å². The van der Waals surface area contributed by atoms with Crippen LogP contribution in [0.15, 0.2) is 36.1 Å². The van der Waals surface area contributed by atoms with Crippen LogP contribution in [0.5, 0.6) is 0 Å². The van der Waals surface area contributed by atoms with Crippen LogP contribution in [0.1, 0.15) is 26.2 Å². The molecule has 1 aliphatic carbocycles. The molecule has 20 heavy (non-hydrogen) atoms. The molecule has 2 heterocycles. The maximum Gasteiger partial charge on any atom is 0.215 e. The lowest BCUT2D eigenvalue weighted by Crippen LogP contribution is -2.54. The van der Waals surface area contributed by atoms with Crippen LogP contribution >= 0.6 is 0 Å². The normalized spacial score (nSPS) is 44.2. The average molecular weight is 278 g/mol. The predicted molar refractivity (Wildman–Crippen MR) is 74.6 cm³/mol. The first-order valence-corrected chi connectivity index (χ1v) is 7.17. The first-order valence-electron chi connectivity index (χ1n) is 7.17. The van der Waals surface area contributed by atoms with Gasteiger partial charge in [0.25, 0.3) is 0 Å². The Hall–Kier alpha value is -1.10. The minimum Gasteiger partial charge on any atom is -0.462 e. The predicted octanol–water partition coefficient (Wildman–Crippen LogP) is 1.90. The Morgan fingerprint density at radius 1 is 1.45 bits per heavy atom. The molecule has 5 atom stereocenters. The average Bonchev–Trinajstić information content (AvgIpc) is 2.65. The Morgan fingerprint density at radius 2 is 2.20 bits per heavy atom. The van der Waals surface area contributed by atoms with Gasteiger partial charge in [0.15, 0.2) is 0 Å². The molecule has 0 bridgehead atoms. The van der Waals surface area contributed by atoms with Gasteiger partial charge < -0.3 is 19.7 Å². The Bertz CT molecular complexity index is 463. The second-order valence-corrected chi connectivity index (χ2v) is 6.26. The van der Waals surface area contributed by atoms with Gasteiger partial charge in [-0.1, -0.05) is 26.2 Å². The van der Waals surface area contributed by atoms with Crippen molar-refractivity contribution in [3.8, 4) is 0 Å². The van der Waals surface area contributed by atoms with Crippen molar-refractivity contribution < 1.29 is 19.7 Å². The van der Waals surface area contributed by atoms with Crippen molar-refractivity contribution in [2.45, 2.75) is 44.2 Å². The lowest BCUT2D eigenvalue weighted by atomic mass is 9.72. The highest BCUT2D eigenvalue weighted by molar-refractivity contribution is 5.28. The summed E-state index contributed by atoms with van der Waals surface area (Å²) in [4.78, 5) is 0. The largest absolute Gasteiger partial charge is 0.462 e. The van der Waals surface area contributed by atoms with Crippen LogP contribution in [-0.4, -0.2) is 34.8 Å². The first kappa shape index (κ1) is 13.9. The summed E-state index contributed by atoms with van der Waals surface area (Å²) >= 11 is 0. The Morgan fingerprint density at radius 3 is 2.80 bits per heavy atom. The number of hydrogen-bond acceptors (Lipinski definition) is 4. The highest BCUT2D eigenvalue weighted by atomic mass is 16.7. The van der Waals surface area contributed by atoms with Gasteiger partial charge in [-0.25, -0.2) is 0 Å². The summed E-state index contributed by atoms with van der Waals surface area (Å²) < 4.78 is 12.0. The van der Waals surface area contributed by atoms with Gasteiger partial charge in [-0.2, -0.15) is 0 Å². The Labute approximate surface area is 119 Å². The van der Waals surface area contributed by atoms with Crippen LogP contribution in [-0.2, 0) is 9.47 Å². The molecule has 0 amide bonds. The molecule has 2 fully saturated rings. The van der Waals surface area contributed by atoms with Crippen LogP contribution in [0.25, 0.3) is 0 Å². The molecule has 4 nitrogen and oxygen atoms in total. The molecule has 2 N–H and O–H groups in total. The summed E-state index contributed by atoms with van der Waals surface area (Å²) in [5.74, 6) is 0.488. The Balaban J connectivity index is 1.87. The van der Waals surface area contributed by atoms with Gasteiger partial charge in [0.05, 0.1) is 12.7 Å². The van der Waals surface area contributed by atoms with E-state index in [2.05, 4.69) is 20.1 Å². The first-order chi connectivity index (χ1) is 9.46. The number of ether oxygens (including phenoxy) is 2. The van der Waals surface area contributed by atoms with Crippen molar-refractivity contribution in [2.24, 2.45) is 11.8 Å². The monoisotopic (exact) mass is 278 g/mol. The smallest absolute Gasteiger partial charge is 0.215 e. The molecule has 3 aliphatic rings. The summed E-state index contributed by atoms with van der Waals surface area (Å²) in [5.41, 5.74) is 1.50. The number of rotatable bonds is 1. The molecule has 0 radical (unpaired) electrons. The third-order valence-electron chi connectivity index (χ3n) is 4.85. The van der Waals surface area contributed by atoms with E-state index in [1.807, 2.05) is 6.08 Å². The van der Waals surface area contributed by atoms with E-state index in [1.165, 1.54) is 0 Å². The van der Waals surface area contributed by atoms with Crippen molar-refractivity contribution >= 4 is 0 Å². The molecular formula is C16H22O4. The summed E-state index contributed by atoms with van der Waals surface area (Å²) in [7, 11) is 0. The van der Waals surface area contributed by atoms with Crippen LogP contribution in [0.2, 0.25) is 0 Å². The molecule has 0 unspecified atom stereocenters. The van der Waals surface area contributed by atoms with Crippen LogP contribution < -0.4 is 0 Å². The number of aliphatic hydroxyl groups is 2. The van der Waals surface area contributed by atoms with E-state index in [-0.39, 0.29) is 18.6 Å². The molecular weight excluding hydrogens is 256 g/mol. The van der Waals surface area contributed by atoms with E-state index in [9.17, 15) is 10.2 Å². The van der Waals surface area contributed by atoms with Gasteiger partial charge in [-0.3, -0.25) is 0 Å². The molecule has 0 aromatic rings. The van der Waals surface area contributed by atoms with Gasteiger partial charge in [0, 0.05) is 12.8 Å². The van der Waals surface area contributed by atoms with Crippen molar-refractivity contribution in [1.82, 2.24) is 0 Å². The van der Waals surface area contributed by atoms with E-state index < -0.39 is 11.9 Å². The SMILES string of the molecule is C=C1C[C@@]2(C[C@H](C)[C@H]3CC=C(CO)[C@@H](O)[C@@H]3O2)OC1=C. The maximum absolute atomic E-state index is 10.4. The van der Waals surface area contributed by atoms with E-state index >= 15 is 0 Å². The van der Waals surface area contributed by atoms with Gasteiger partial charge >= 0.3 is 0 Å². The zero-order chi connectivity index (χ0) is 14.5. The van der Waals surface area contributed by atoms with Gasteiger partial charge in [-0.05, 0) is 29.4 Å². The van der Waals surface area contributed by atoms with E-state index in [0.29, 0.717) is 23.7 Å². The quantitative estimate of drug-likeness (QED) is 0.719. The van der Waals surface area contributed by atoms with E-state index in [1.54, 1.807) is 0 Å².